The third-order valence-electron chi connectivity index (χ3n) is 15.3. The van der Waals surface area contributed by atoms with Crippen LogP contribution < -0.4 is 30.7 Å². The first-order valence-electron chi connectivity index (χ1n) is 28.4. The number of hydrogen-bond donors (Lipinski definition) is 4. The van der Waals surface area contributed by atoms with Crippen molar-refractivity contribution in [1.29, 1.82) is 0 Å². The minimum Gasteiger partial charge on any atom is -0.497 e. The third-order valence-corrected chi connectivity index (χ3v) is 15.3. The van der Waals surface area contributed by atoms with Gasteiger partial charge in [0.05, 0.1) is 38.5 Å². The number of ether oxygens (including phenoxy) is 4. The number of carbonyl (C=O) groups excluding carboxylic acids is 6. The molecule has 0 bridgehead atoms. The first-order chi connectivity index (χ1) is 39.6. The standard InChI is InChI=1S/C64H82N8O10/c1-45(65-5)59(73)67-57(63(77)71-37-19-25-53(71)43-69(39-35-49-21-13-11-14-22-49)61(75)51-27-31-55(79-7)32-28-51)47(3)81-41-17-9-10-18-42-82-48(4)58(68-60(74)46(2)66-6)64(78)72-38-20-26-54(72)44-70(40-36-50-23-15-12-16-24-50)62(76)52-29-33-56(80-8)34-30-52/h11-16,21-24,27-34,45-48,53-54,57-58,65-66H,19-20,25-26,35-44H2,1-8H3,(H,67,73)(H,68,74)/t45-,46+,47-,48+,53-,54-,57-,58-/m0/s1. The summed E-state index contributed by atoms with van der Waals surface area (Å²) in [6, 6.07) is 29.9. The first kappa shape index (κ1) is 63.4. The molecule has 18 heteroatoms. The van der Waals surface area contributed by atoms with Crippen LogP contribution in [0.5, 0.6) is 11.5 Å². The molecule has 2 saturated heterocycles. The number of likely N-dealkylation sites (N-methyl/N-ethyl adjacent to an activating group) is 2. The van der Waals surface area contributed by atoms with E-state index in [1.54, 1.807) is 124 Å². The Labute approximate surface area is 484 Å². The molecular weight excluding hydrogens is 1040 g/mol. The molecule has 4 aromatic carbocycles. The molecule has 438 valence electrons. The van der Waals surface area contributed by atoms with Crippen LogP contribution in [0.15, 0.2) is 109 Å². The maximum absolute atomic E-state index is 14.6. The highest BCUT2D eigenvalue weighted by atomic mass is 16.5. The smallest absolute Gasteiger partial charge is 0.253 e. The minimum atomic E-state index is -1.06. The Morgan fingerprint density at radius 1 is 0.549 bits per heavy atom. The zero-order chi connectivity index (χ0) is 59.0. The molecule has 4 N–H and O–H groups in total. The molecule has 0 aliphatic carbocycles. The number of methoxy groups -OCH3 is 2. The number of nitrogens with zero attached hydrogens (tertiary/aromatic N) is 4. The fourth-order valence-corrected chi connectivity index (χ4v) is 9.98. The van der Waals surface area contributed by atoms with Crippen LogP contribution in [0.1, 0.15) is 85.2 Å². The molecule has 2 fully saturated rings. The molecule has 0 saturated carbocycles. The number of rotatable bonds is 28. The summed E-state index contributed by atoms with van der Waals surface area (Å²) in [4.78, 5) is 91.3. The lowest BCUT2D eigenvalue weighted by molar-refractivity contribution is -0.141. The number of benzene rings is 4. The lowest BCUT2D eigenvalue weighted by Crippen LogP contribution is -2.58. The number of likely N-dealkylation sites (tertiary alicyclic amines) is 2. The lowest BCUT2D eigenvalue weighted by atomic mass is 10.1. The van der Waals surface area contributed by atoms with Crippen molar-refractivity contribution in [2.75, 3.05) is 80.8 Å². The Hall–Kier alpha value is -7.74. The maximum atomic E-state index is 14.6. The van der Waals surface area contributed by atoms with Crippen LogP contribution in [0.25, 0.3) is 0 Å². The van der Waals surface area contributed by atoms with Crippen molar-refractivity contribution in [1.82, 2.24) is 40.9 Å². The second-order valence-electron chi connectivity index (χ2n) is 20.7. The average Bonchev–Trinajstić information content (AvgIpc) is 4.39. The van der Waals surface area contributed by atoms with Crippen molar-refractivity contribution in [3.63, 3.8) is 0 Å². The predicted octanol–water partition coefficient (Wildman–Crippen LogP) is 4.76. The minimum absolute atomic E-state index is 0.111. The fraction of sp³-hybridized carbons (Fsp3) is 0.469. The molecule has 0 radical (unpaired) electrons. The monoisotopic (exact) mass is 1120 g/mol. The van der Waals surface area contributed by atoms with Gasteiger partial charge in [-0.2, -0.15) is 0 Å². The number of carbonyl (C=O) groups is 6. The molecule has 0 unspecified atom stereocenters. The Balaban J connectivity index is 1.09. The first-order valence-corrected chi connectivity index (χ1v) is 28.4. The van der Waals surface area contributed by atoms with E-state index in [9.17, 15) is 28.8 Å². The van der Waals surface area contributed by atoms with Crippen LogP contribution in [-0.2, 0) is 41.5 Å². The second-order valence-corrected chi connectivity index (χ2v) is 20.7. The topological polar surface area (TPSA) is 200 Å². The highest BCUT2D eigenvalue weighted by molar-refractivity contribution is 5.95. The van der Waals surface area contributed by atoms with Gasteiger partial charge in [-0.15, -0.1) is 0 Å². The van der Waals surface area contributed by atoms with Gasteiger partial charge in [0, 0.05) is 62.5 Å². The van der Waals surface area contributed by atoms with E-state index in [0.29, 0.717) is 87.6 Å². The fourth-order valence-electron chi connectivity index (χ4n) is 9.98. The molecule has 82 heavy (non-hydrogen) atoms. The van der Waals surface area contributed by atoms with Gasteiger partial charge in [0.25, 0.3) is 11.8 Å². The van der Waals surface area contributed by atoms with Crippen LogP contribution in [0, 0.1) is 23.7 Å². The van der Waals surface area contributed by atoms with Crippen molar-refractivity contribution >= 4 is 35.4 Å². The zero-order valence-electron chi connectivity index (χ0n) is 48.8. The van der Waals surface area contributed by atoms with E-state index >= 15 is 0 Å². The number of nitrogens with one attached hydrogen (secondary N) is 4. The molecule has 4 aromatic rings. The van der Waals surface area contributed by atoms with Crippen LogP contribution >= 0.6 is 0 Å². The highest BCUT2D eigenvalue weighted by Crippen LogP contribution is 2.25. The molecule has 2 heterocycles. The highest BCUT2D eigenvalue weighted by Gasteiger charge is 2.40. The van der Waals surface area contributed by atoms with E-state index in [1.807, 2.05) is 60.7 Å². The van der Waals surface area contributed by atoms with E-state index < -0.39 is 36.4 Å². The molecule has 0 spiro atoms. The second kappa shape index (κ2) is 32.6. The maximum Gasteiger partial charge on any atom is 0.253 e. The van der Waals surface area contributed by atoms with Crippen molar-refractivity contribution in [3.05, 3.63) is 131 Å². The SMILES string of the molecule is CN[C@@H](C)C(=O)N[C@H](C(=O)N1CCC[C@H]1CN(CCc1ccccc1)C(=O)c1ccc(OC)cc1)[C@H](C)OCC#CC#CCO[C@H](C)[C@H](NC(=O)[C@@H](C)NC)C(=O)N1CCC[C@H]1CN(CCc1ccccc1)C(=O)c1ccc(OC)cc1. The molecule has 2 aliphatic heterocycles. The summed E-state index contributed by atoms with van der Waals surface area (Å²) in [7, 11) is 6.47. The molecule has 8 atom stereocenters. The Kier molecular flexibility index (Phi) is 25.3. The number of hydrogen-bond acceptors (Lipinski definition) is 12. The lowest BCUT2D eigenvalue weighted by Gasteiger charge is -2.35. The molecule has 0 aromatic heterocycles. The Morgan fingerprint density at radius 2 is 0.915 bits per heavy atom. The summed E-state index contributed by atoms with van der Waals surface area (Å²) in [6.07, 6.45) is 2.42. The van der Waals surface area contributed by atoms with Gasteiger partial charge in [0.15, 0.2) is 0 Å². The summed E-state index contributed by atoms with van der Waals surface area (Å²) in [5.41, 5.74) is 3.19. The van der Waals surface area contributed by atoms with E-state index in [1.165, 1.54) is 0 Å². The Morgan fingerprint density at radius 3 is 1.26 bits per heavy atom. The van der Waals surface area contributed by atoms with E-state index in [-0.39, 0.29) is 60.7 Å². The van der Waals surface area contributed by atoms with E-state index in [0.717, 1.165) is 24.0 Å². The quantitative estimate of drug-likeness (QED) is 0.0570. The van der Waals surface area contributed by atoms with Gasteiger partial charge >= 0.3 is 0 Å². The third kappa shape index (κ3) is 18.4. The van der Waals surface area contributed by atoms with Gasteiger partial charge in [-0.05, 0) is 152 Å². The van der Waals surface area contributed by atoms with Crippen LogP contribution in [-0.4, -0.2) is 184 Å². The van der Waals surface area contributed by atoms with Gasteiger partial charge in [-0.1, -0.05) is 72.5 Å². The molecule has 18 nitrogen and oxygen atoms in total. The van der Waals surface area contributed by atoms with E-state index in [2.05, 4.69) is 44.9 Å². The summed E-state index contributed by atoms with van der Waals surface area (Å²) >= 11 is 0. The Bertz CT molecular complexity index is 2640. The van der Waals surface area contributed by atoms with Gasteiger partial charge in [0.2, 0.25) is 23.6 Å². The van der Waals surface area contributed by atoms with Crippen molar-refractivity contribution in [2.24, 2.45) is 0 Å². The van der Waals surface area contributed by atoms with Gasteiger partial charge in [0.1, 0.15) is 36.8 Å². The summed E-state index contributed by atoms with van der Waals surface area (Å²) in [6.45, 7) is 8.94. The largest absolute Gasteiger partial charge is 0.497 e. The average molecular weight is 1120 g/mol. The van der Waals surface area contributed by atoms with Crippen LogP contribution in [0.4, 0.5) is 0 Å². The van der Waals surface area contributed by atoms with Crippen molar-refractivity contribution < 1.29 is 47.7 Å². The summed E-state index contributed by atoms with van der Waals surface area (Å²) < 4.78 is 22.9. The summed E-state index contributed by atoms with van der Waals surface area (Å²) in [5.74, 6) is 10.9. The normalized spacial score (nSPS) is 16.8. The van der Waals surface area contributed by atoms with Crippen molar-refractivity contribution in [2.45, 2.75) is 115 Å². The predicted molar refractivity (Wildman–Crippen MR) is 315 cm³/mol. The van der Waals surface area contributed by atoms with Crippen LogP contribution in [0.2, 0.25) is 0 Å². The van der Waals surface area contributed by atoms with Crippen LogP contribution in [0.3, 0.4) is 0 Å². The number of amides is 6. The molecule has 6 amide bonds. The molecular formula is C64H82N8O10. The van der Waals surface area contributed by atoms with E-state index in [4.69, 9.17) is 18.9 Å². The summed E-state index contributed by atoms with van der Waals surface area (Å²) in [5, 5.41) is 11.7. The van der Waals surface area contributed by atoms with Gasteiger partial charge in [-0.3, -0.25) is 28.8 Å². The molecule has 2 aliphatic rings. The van der Waals surface area contributed by atoms with Gasteiger partial charge < -0.3 is 59.8 Å². The molecule has 6 rings (SSSR count). The van der Waals surface area contributed by atoms with Gasteiger partial charge in [-0.25, -0.2) is 0 Å². The zero-order valence-corrected chi connectivity index (χ0v) is 48.8. The van der Waals surface area contributed by atoms with Crippen molar-refractivity contribution in [3.8, 4) is 35.2 Å².